The topological polar surface area (TPSA) is 17.8 Å². The Balaban J connectivity index is 2.36. The number of aryl methyl sites for hydroxylation is 1. The number of hydrogen-bond acceptors (Lipinski definition) is 1. The Morgan fingerprint density at radius 2 is 2.18 bits per heavy atom. The molecule has 1 saturated carbocycles. The minimum absolute atomic E-state index is 0.0482. The highest BCUT2D eigenvalue weighted by atomic mass is 127. The molecule has 5 heteroatoms. The van der Waals surface area contributed by atoms with Gasteiger partial charge in [0.2, 0.25) is 0 Å². The Morgan fingerprint density at radius 1 is 1.47 bits per heavy atom. The predicted octanol–water partition coefficient (Wildman–Crippen LogP) is 3.82. The fourth-order valence-corrected chi connectivity index (χ4v) is 2.60. The van der Waals surface area contributed by atoms with Crippen molar-refractivity contribution in [3.8, 4) is 0 Å². The Morgan fingerprint density at radius 3 is 2.76 bits per heavy atom. The maximum Gasteiger partial charge on any atom is 0.165 e. The van der Waals surface area contributed by atoms with E-state index in [0.29, 0.717) is 23.5 Å². The largest absolute Gasteiger partial charge is 0.326 e. The second-order valence-corrected chi connectivity index (χ2v) is 5.42. The van der Waals surface area contributed by atoms with Crippen LogP contribution >= 0.6 is 22.6 Å². The van der Waals surface area contributed by atoms with E-state index < -0.39 is 11.6 Å². The summed E-state index contributed by atoms with van der Waals surface area (Å²) in [6.45, 7) is 2.63. The summed E-state index contributed by atoms with van der Waals surface area (Å²) < 4.78 is 29.5. The van der Waals surface area contributed by atoms with Crippen molar-refractivity contribution in [1.82, 2.24) is 9.55 Å². The first-order chi connectivity index (χ1) is 8.13. The molecule has 0 atom stereocenters. The minimum Gasteiger partial charge on any atom is -0.326 e. The number of nitrogens with zero attached hydrogens (tertiary/aromatic N) is 2. The van der Waals surface area contributed by atoms with Gasteiger partial charge in [0.15, 0.2) is 5.82 Å². The summed E-state index contributed by atoms with van der Waals surface area (Å²) in [5.74, 6) is 0.325. The first-order valence-corrected chi connectivity index (χ1v) is 6.75. The minimum atomic E-state index is -0.529. The van der Waals surface area contributed by atoms with Crippen molar-refractivity contribution >= 4 is 33.6 Å². The molecule has 2 nitrogen and oxygen atoms in total. The molecule has 1 heterocycles. The number of imidazole rings is 1. The monoisotopic (exact) mass is 348 g/mol. The van der Waals surface area contributed by atoms with E-state index in [1.54, 1.807) is 22.6 Å². The quantitative estimate of drug-likeness (QED) is 0.596. The van der Waals surface area contributed by atoms with Gasteiger partial charge < -0.3 is 4.57 Å². The van der Waals surface area contributed by atoms with E-state index in [-0.39, 0.29) is 3.57 Å². The van der Waals surface area contributed by atoms with Gasteiger partial charge in [0.25, 0.3) is 0 Å². The Hall–Kier alpha value is -0.720. The second kappa shape index (κ2) is 3.90. The van der Waals surface area contributed by atoms with Crippen LogP contribution in [0.1, 0.15) is 31.5 Å². The lowest BCUT2D eigenvalue weighted by Gasteiger charge is -2.06. The second-order valence-electron chi connectivity index (χ2n) is 4.34. The lowest BCUT2D eigenvalue weighted by atomic mass is 10.3. The zero-order valence-corrected chi connectivity index (χ0v) is 11.5. The Labute approximate surface area is 111 Å². The molecular formula is C12H11F2IN2. The van der Waals surface area contributed by atoms with Crippen LogP contribution in [-0.2, 0) is 6.54 Å². The molecule has 0 aliphatic heterocycles. The van der Waals surface area contributed by atoms with Gasteiger partial charge in [0.05, 0.1) is 9.09 Å². The van der Waals surface area contributed by atoms with Crippen molar-refractivity contribution < 1.29 is 8.78 Å². The van der Waals surface area contributed by atoms with Crippen LogP contribution in [0.5, 0.6) is 0 Å². The van der Waals surface area contributed by atoms with Gasteiger partial charge in [-0.1, -0.05) is 0 Å². The molecule has 0 unspecified atom stereocenters. The van der Waals surface area contributed by atoms with Crippen molar-refractivity contribution in [1.29, 1.82) is 0 Å². The van der Waals surface area contributed by atoms with Crippen LogP contribution in [0.4, 0.5) is 8.78 Å². The molecule has 17 heavy (non-hydrogen) atoms. The van der Waals surface area contributed by atoms with Gasteiger partial charge in [-0.25, -0.2) is 13.8 Å². The summed E-state index contributed by atoms with van der Waals surface area (Å²) in [6, 6.07) is 1.33. The highest BCUT2D eigenvalue weighted by Crippen LogP contribution is 2.41. The average Bonchev–Trinajstić information content (AvgIpc) is 3.08. The standard InChI is InChI=1S/C12H11F2IN2/c1-2-17-11-8(16-12(17)6-3-4-6)5-7(13)10(15)9(11)14/h5-6H,2-4H2,1H3. The van der Waals surface area contributed by atoms with Crippen molar-refractivity contribution in [3.63, 3.8) is 0 Å². The number of rotatable bonds is 2. The normalized spacial score (nSPS) is 15.8. The summed E-state index contributed by atoms with van der Waals surface area (Å²) >= 11 is 1.70. The van der Waals surface area contributed by atoms with Gasteiger partial charge in [0.1, 0.15) is 17.2 Å². The first kappa shape index (κ1) is 11.4. The molecular weight excluding hydrogens is 337 g/mol. The van der Waals surface area contributed by atoms with E-state index in [4.69, 9.17) is 0 Å². The van der Waals surface area contributed by atoms with Gasteiger partial charge >= 0.3 is 0 Å². The SMILES string of the molecule is CCn1c(C2CC2)nc2cc(F)c(I)c(F)c21. The highest BCUT2D eigenvalue weighted by Gasteiger charge is 2.30. The van der Waals surface area contributed by atoms with Crippen molar-refractivity contribution in [2.24, 2.45) is 0 Å². The number of aromatic nitrogens is 2. The van der Waals surface area contributed by atoms with E-state index in [9.17, 15) is 8.78 Å². The smallest absolute Gasteiger partial charge is 0.165 e. The zero-order valence-electron chi connectivity index (χ0n) is 9.30. The molecule has 1 fully saturated rings. The first-order valence-electron chi connectivity index (χ1n) is 5.67. The fraction of sp³-hybridized carbons (Fsp3) is 0.417. The van der Waals surface area contributed by atoms with Crippen molar-refractivity contribution in [3.05, 3.63) is 27.1 Å². The molecule has 0 saturated heterocycles. The maximum absolute atomic E-state index is 14.1. The number of hydrogen-bond donors (Lipinski definition) is 0. The average molecular weight is 348 g/mol. The molecule has 2 aromatic rings. The lowest BCUT2D eigenvalue weighted by Crippen LogP contribution is -2.02. The number of halogens is 3. The van der Waals surface area contributed by atoms with Crippen LogP contribution in [0.3, 0.4) is 0 Å². The maximum atomic E-state index is 14.1. The van der Waals surface area contributed by atoms with Gasteiger partial charge in [0, 0.05) is 18.5 Å². The number of benzene rings is 1. The molecule has 90 valence electrons. The summed E-state index contributed by atoms with van der Waals surface area (Å²) in [6.07, 6.45) is 2.20. The van der Waals surface area contributed by atoms with E-state index in [1.165, 1.54) is 6.07 Å². The van der Waals surface area contributed by atoms with Gasteiger partial charge in [-0.2, -0.15) is 0 Å². The summed E-state index contributed by atoms with van der Waals surface area (Å²) in [7, 11) is 0. The predicted molar refractivity (Wildman–Crippen MR) is 70.0 cm³/mol. The molecule has 0 radical (unpaired) electrons. The molecule has 1 aliphatic carbocycles. The third-order valence-corrected chi connectivity index (χ3v) is 4.15. The van der Waals surface area contributed by atoms with E-state index in [2.05, 4.69) is 4.98 Å². The van der Waals surface area contributed by atoms with Crippen molar-refractivity contribution in [2.45, 2.75) is 32.2 Å². The zero-order chi connectivity index (χ0) is 12.2. The fourth-order valence-electron chi connectivity index (χ4n) is 2.19. The molecule has 3 rings (SSSR count). The van der Waals surface area contributed by atoms with E-state index in [0.717, 1.165) is 18.7 Å². The lowest BCUT2D eigenvalue weighted by molar-refractivity contribution is 0.572. The third-order valence-electron chi connectivity index (χ3n) is 3.16. The Bertz CT molecular complexity index is 602. The van der Waals surface area contributed by atoms with Crippen molar-refractivity contribution in [2.75, 3.05) is 0 Å². The van der Waals surface area contributed by atoms with Crippen LogP contribution < -0.4 is 0 Å². The molecule has 1 aliphatic rings. The molecule has 0 amide bonds. The molecule has 0 N–H and O–H groups in total. The van der Waals surface area contributed by atoms with E-state index >= 15 is 0 Å². The van der Waals surface area contributed by atoms with E-state index in [1.807, 2.05) is 11.5 Å². The van der Waals surface area contributed by atoms with Gasteiger partial charge in [-0.3, -0.25) is 0 Å². The molecule has 1 aromatic carbocycles. The molecule has 0 spiro atoms. The summed E-state index contributed by atoms with van der Waals surface area (Å²) in [5, 5.41) is 0. The number of fused-ring (bicyclic) bond motifs is 1. The van der Waals surface area contributed by atoms with Gasteiger partial charge in [-0.15, -0.1) is 0 Å². The Kier molecular flexibility index (Phi) is 2.61. The van der Waals surface area contributed by atoms with Crippen LogP contribution in [0.15, 0.2) is 6.07 Å². The van der Waals surface area contributed by atoms with Gasteiger partial charge in [-0.05, 0) is 42.4 Å². The highest BCUT2D eigenvalue weighted by molar-refractivity contribution is 14.1. The van der Waals surface area contributed by atoms with Crippen LogP contribution in [0.2, 0.25) is 0 Å². The van der Waals surface area contributed by atoms with Crippen LogP contribution in [0.25, 0.3) is 11.0 Å². The van der Waals surface area contributed by atoms with Crippen LogP contribution in [-0.4, -0.2) is 9.55 Å². The molecule has 1 aromatic heterocycles. The summed E-state index contributed by atoms with van der Waals surface area (Å²) in [5.41, 5.74) is 0.879. The third kappa shape index (κ3) is 1.66. The van der Waals surface area contributed by atoms with Crippen LogP contribution in [0, 0.1) is 15.2 Å². The summed E-state index contributed by atoms with van der Waals surface area (Å²) in [4.78, 5) is 4.39. The molecule has 0 bridgehead atoms.